The molecule has 1 unspecified atom stereocenters. The summed E-state index contributed by atoms with van der Waals surface area (Å²) in [6, 6.07) is 15.0. The molecule has 0 aliphatic rings. The molecule has 4 heteroatoms. The maximum Gasteiger partial charge on any atom is 0.251 e. The van der Waals surface area contributed by atoms with Gasteiger partial charge in [-0.05, 0) is 48.2 Å². The average Bonchev–Trinajstić information content (AvgIpc) is 2.60. The van der Waals surface area contributed by atoms with Crippen molar-refractivity contribution in [1.29, 1.82) is 0 Å². The second-order valence-electron chi connectivity index (χ2n) is 6.16. The van der Waals surface area contributed by atoms with E-state index in [-0.39, 0.29) is 11.9 Å². The van der Waals surface area contributed by atoms with Gasteiger partial charge < -0.3 is 14.8 Å². The van der Waals surface area contributed by atoms with Gasteiger partial charge >= 0.3 is 0 Å². The molecule has 0 saturated carbocycles. The second-order valence-corrected chi connectivity index (χ2v) is 6.16. The molecule has 0 aromatic heterocycles. The topological polar surface area (TPSA) is 47.6 Å². The first kappa shape index (κ1) is 17.9. The van der Waals surface area contributed by atoms with Gasteiger partial charge in [0.1, 0.15) is 11.5 Å². The predicted octanol–water partition coefficient (Wildman–Crippen LogP) is 4.22. The Morgan fingerprint density at radius 3 is 2.25 bits per heavy atom. The lowest BCUT2D eigenvalue weighted by Crippen LogP contribution is -2.29. The summed E-state index contributed by atoms with van der Waals surface area (Å²) in [5.74, 6) is 1.84. The van der Waals surface area contributed by atoms with Crippen LogP contribution in [-0.4, -0.2) is 20.1 Å². The van der Waals surface area contributed by atoms with Crippen molar-refractivity contribution in [1.82, 2.24) is 5.32 Å². The van der Waals surface area contributed by atoms with Crippen LogP contribution in [0.2, 0.25) is 0 Å². The van der Waals surface area contributed by atoms with Crippen molar-refractivity contribution in [3.8, 4) is 11.5 Å². The number of hydrogen-bond donors (Lipinski definition) is 1. The molecule has 128 valence electrons. The summed E-state index contributed by atoms with van der Waals surface area (Å²) in [6.07, 6.45) is 0.863. The highest BCUT2D eigenvalue weighted by molar-refractivity contribution is 5.94. The fraction of sp³-hybridized carbons (Fsp3) is 0.350. The molecule has 2 rings (SSSR count). The van der Waals surface area contributed by atoms with E-state index in [2.05, 4.69) is 19.2 Å². The monoisotopic (exact) mass is 327 g/mol. The van der Waals surface area contributed by atoms with Crippen LogP contribution in [-0.2, 0) is 0 Å². The molecule has 0 fully saturated rings. The zero-order valence-electron chi connectivity index (χ0n) is 14.7. The molecular weight excluding hydrogens is 302 g/mol. The molecular formula is C20H25NO3. The Labute approximate surface area is 143 Å². The van der Waals surface area contributed by atoms with Crippen molar-refractivity contribution in [2.75, 3.05) is 14.2 Å². The third kappa shape index (κ3) is 4.75. The smallest absolute Gasteiger partial charge is 0.251 e. The van der Waals surface area contributed by atoms with Gasteiger partial charge in [-0.2, -0.15) is 0 Å². The lowest BCUT2D eigenvalue weighted by Gasteiger charge is -2.21. The van der Waals surface area contributed by atoms with Crippen LogP contribution in [0, 0.1) is 5.92 Å². The standard InChI is InChI=1S/C20H25NO3/c1-14(2)12-19(15-8-10-17(23-3)11-9-15)21-20(22)16-6-5-7-18(13-16)24-4/h5-11,13-14,19H,12H2,1-4H3,(H,21,22). The second kappa shape index (κ2) is 8.39. The van der Waals surface area contributed by atoms with E-state index in [1.807, 2.05) is 36.4 Å². The van der Waals surface area contributed by atoms with E-state index in [1.165, 1.54) is 0 Å². The lowest BCUT2D eigenvalue weighted by atomic mass is 9.96. The maximum absolute atomic E-state index is 12.6. The largest absolute Gasteiger partial charge is 0.497 e. The molecule has 4 nitrogen and oxygen atoms in total. The van der Waals surface area contributed by atoms with Gasteiger partial charge in [-0.3, -0.25) is 4.79 Å². The molecule has 24 heavy (non-hydrogen) atoms. The van der Waals surface area contributed by atoms with Crippen LogP contribution in [0.4, 0.5) is 0 Å². The molecule has 2 aromatic rings. The molecule has 1 N–H and O–H groups in total. The van der Waals surface area contributed by atoms with E-state index < -0.39 is 0 Å². The summed E-state index contributed by atoms with van der Waals surface area (Å²) in [5.41, 5.74) is 1.66. The van der Waals surface area contributed by atoms with Crippen molar-refractivity contribution in [3.63, 3.8) is 0 Å². The molecule has 0 aliphatic carbocycles. The average molecular weight is 327 g/mol. The third-order valence-electron chi connectivity index (χ3n) is 3.86. The van der Waals surface area contributed by atoms with E-state index in [1.54, 1.807) is 26.4 Å². The van der Waals surface area contributed by atoms with Gasteiger partial charge in [0.2, 0.25) is 0 Å². The SMILES string of the molecule is COc1ccc(C(CC(C)C)NC(=O)c2cccc(OC)c2)cc1. The first-order valence-electron chi connectivity index (χ1n) is 8.12. The Morgan fingerprint density at radius 1 is 1.00 bits per heavy atom. The summed E-state index contributed by atoms with van der Waals surface area (Å²) in [5, 5.41) is 3.13. The number of methoxy groups -OCH3 is 2. The number of nitrogens with one attached hydrogen (secondary N) is 1. The van der Waals surface area contributed by atoms with Gasteiger partial charge in [-0.1, -0.05) is 32.0 Å². The van der Waals surface area contributed by atoms with E-state index >= 15 is 0 Å². The molecule has 0 saturated heterocycles. The van der Waals surface area contributed by atoms with Gasteiger partial charge in [0.25, 0.3) is 5.91 Å². The zero-order chi connectivity index (χ0) is 17.5. The van der Waals surface area contributed by atoms with Gasteiger partial charge in [-0.15, -0.1) is 0 Å². The first-order valence-corrected chi connectivity index (χ1v) is 8.12. The highest BCUT2D eigenvalue weighted by Crippen LogP contribution is 2.24. The molecule has 0 aliphatic heterocycles. The van der Waals surface area contributed by atoms with Crippen molar-refractivity contribution < 1.29 is 14.3 Å². The van der Waals surface area contributed by atoms with E-state index in [0.717, 1.165) is 17.7 Å². The zero-order valence-corrected chi connectivity index (χ0v) is 14.7. The summed E-state index contributed by atoms with van der Waals surface area (Å²) in [7, 11) is 3.24. The summed E-state index contributed by atoms with van der Waals surface area (Å²) in [4.78, 5) is 12.6. The van der Waals surface area contributed by atoms with Crippen molar-refractivity contribution in [2.45, 2.75) is 26.3 Å². The van der Waals surface area contributed by atoms with Gasteiger partial charge in [-0.25, -0.2) is 0 Å². The van der Waals surface area contributed by atoms with E-state index in [4.69, 9.17) is 9.47 Å². The molecule has 0 radical (unpaired) electrons. The number of benzene rings is 2. The van der Waals surface area contributed by atoms with Crippen molar-refractivity contribution >= 4 is 5.91 Å². The van der Waals surface area contributed by atoms with Crippen LogP contribution in [0.1, 0.15) is 42.2 Å². The number of rotatable bonds is 7. The lowest BCUT2D eigenvalue weighted by molar-refractivity contribution is 0.0931. The van der Waals surface area contributed by atoms with Crippen LogP contribution >= 0.6 is 0 Å². The number of carbonyl (C=O) groups excluding carboxylic acids is 1. The van der Waals surface area contributed by atoms with Gasteiger partial charge in [0.05, 0.1) is 20.3 Å². The van der Waals surface area contributed by atoms with Crippen LogP contribution in [0.5, 0.6) is 11.5 Å². The molecule has 0 heterocycles. The summed E-state index contributed by atoms with van der Waals surface area (Å²) in [6.45, 7) is 4.29. The number of hydrogen-bond acceptors (Lipinski definition) is 3. The Balaban J connectivity index is 2.19. The van der Waals surface area contributed by atoms with Crippen LogP contribution in [0.3, 0.4) is 0 Å². The van der Waals surface area contributed by atoms with Crippen LogP contribution in [0.15, 0.2) is 48.5 Å². The Morgan fingerprint density at radius 2 is 1.67 bits per heavy atom. The number of carbonyl (C=O) groups is 1. The molecule has 0 spiro atoms. The van der Waals surface area contributed by atoms with E-state index in [9.17, 15) is 4.79 Å². The summed E-state index contributed by atoms with van der Waals surface area (Å²) >= 11 is 0. The van der Waals surface area contributed by atoms with E-state index in [0.29, 0.717) is 17.2 Å². The minimum Gasteiger partial charge on any atom is -0.497 e. The molecule has 1 amide bonds. The van der Waals surface area contributed by atoms with Crippen molar-refractivity contribution in [2.24, 2.45) is 5.92 Å². The Bertz CT molecular complexity index is 665. The molecule has 2 aromatic carbocycles. The van der Waals surface area contributed by atoms with Crippen molar-refractivity contribution in [3.05, 3.63) is 59.7 Å². The molecule has 1 atom stereocenters. The fourth-order valence-corrected chi connectivity index (χ4v) is 2.59. The Kier molecular flexibility index (Phi) is 6.24. The minimum absolute atomic E-state index is 0.0467. The van der Waals surface area contributed by atoms with Gasteiger partial charge in [0, 0.05) is 5.56 Å². The molecule has 0 bridgehead atoms. The van der Waals surface area contributed by atoms with Crippen LogP contribution < -0.4 is 14.8 Å². The third-order valence-corrected chi connectivity index (χ3v) is 3.86. The number of amides is 1. The highest BCUT2D eigenvalue weighted by atomic mass is 16.5. The van der Waals surface area contributed by atoms with Gasteiger partial charge in [0.15, 0.2) is 0 Å². The normalized spacial score (nSPS) is 11.9. The first-order chi connectivity index (χ1) is 11.5. The predicted molar refractivity (Wildman–Crippen MR) is 95.7 cm³/mol. The maximum atomic E-state index is 12.6. The number of ether oxygens (including phenoxy) is 2. The Hall–Kier alpha value is -2.49. The highest BCUT2D eigenvalue weighted by Gasteiger charge is 2.17. The quantitative estimate of drug-likeness (QED) is 0.828. The summed E-state index contributed by atoms with van der Waals surface area (Å²) < 4.78 is 10.4. The van der Waals surface area contributed by atoms with Crippen LogP contribution in [0.25, 0.3) is 0 Å². The minimum atomic E-state index is -0.102. The fourth-order valence-electron chi connectivity index (χ4n) is 2.59.